The molecule has 2 amide bonds. The summed E-state index contributed by atoms with van der Waals surface area (Å²) in [6.07, 6.45) is 13.9. The van der Waals surface area contributed by atoms with Crippen molar-refractivity contribution in [2.24, 2.45) is 5.92 Å². The van der Waals surface area contributed by atoms with Crippen LogP contribution in [-0.4, -0.2) is 48.1 Å². The van der Waals surface area contributed by atoms with Crippen LogP contribution in [0.5, 0.6) is 0 Å². The number of amides is 2. The van der Waals surface area contributed by atoms with Gasteiger partial charge in [-0.2, -0.15) is 0 Å². The molecule has 37 heavy (non-hydrogen) atoms. The number of anilines is 1. The van der Waals surface area contributed by atoms with E-state index < -0.39 is 0 Å². The van der Waals surface area contributed by atoms with Gasteiger partial charge in [0, 0.05) is 37.8 Å². The number of fused-ring (bicyclic) bond motifs is 1. The molecule has 1 aliphatic carbocycles. The SMILES string of the molecule is CCCCCCN1C(=O)N(C2CCN(CC3CCCCC3)CC2)C(c2ccccc2)c2ccccc21.Cl. The minimum atomic E-state index is -0.00307. The summed E-state index contributed by atoms with van der Waals surface area (Å²) in [5, 5.41) is 0. The van der Waals surface area contributed by atoms with Gasteiger partial charge >= 0.3 is 6.03 Å². The molecule has 0 radical (unpaired) electrons. The maximum atomic E-state index is 14.3. The Morgan fingerprint density at radius 1 is 0.811 bits per heavy atom. The van der Waals surface area contributed by atoms with Crippen molar-refractivity contribution < 1.29 is 4.79 Å². The molecule has 2 aromatic carbocycles. The summed E-state index contributed by atoms with van der Waals surface area (Å²) in [6.45, 7) is 6.55. The van der Waals surface area contributed by atoms with Crippen molar-refractivity contribution in [2.75, 3.05) is 31.1 Å². The third-order valence-corrected chi connectivity index (χ3v) is 8.79. The maximum absolute atomic E-state index is 14.3. The highest BCUT2D eigenvalue weighted by molar-refractivity contribution is 5.96. The maximum Gasteiger partial charge on any atom is 0.325 e. The molecule has 5 rings (SSSR count). The lowest BCUT2D eigenvalue weighted by Crippen LogP contribution is -2.56. The largest absolute Gasteiger partial charge is 0.325 e. The fourth-order valence-electron chi connectivity index (χ4n) is 6.84. The van der Waals surface area contributed by atoms with Gasteiger partial charge in [0.15, 0.2) is 0 Å². The van der Waals surface area contributed by atoms with E-state index in [1.54, 1.807) is 0 Å². The molecule has 1 atom stereocenters. The highest BCUT2D eigenvalue weighted by Gasteiger charge is 2.42. The third kappa shape index (κ3) is 6.52. The Labute approximate surface area is 230 Å². The first-order valence-corrected chi connectivity index (χ1v) is 14.7. The van der Waals surface area contributed by atoms with Crippen molar-refractivity contribution in [1.82, 2.24) is 9.80 Å². The fourth-order valence-corrected chi connectivity index (χ4v) is 6.84. The molecule has 2 aliphatic heterocycles. The standard InChI is InChI=1S/C32H45N3O.ClH/c1-2-3-4-13-22-34-30-19-12-11-18-29(30)31(27-16-9-6-10-17-27)35(32(34)36)28-20-23-33(24-21-28)25-26-14-7-5-8-15-26;/h6,9-12,16-19,26,28,31H,2-5,7-8,13-15,20-25H2,1H3;1H. The zero-order valence-corrected chi connectivity index (χ0v) is 23.5. The van der Waals surface area contributed by atoms with Crippen LogP contribution in [0, 0.1) is 5.92 Å². The van der Waals surface area contributed by atoms with E-state index in [9.17, 15) is 4.79 Å². The molecular weight excluding hydrogens is 478 g/mol. The van der Waals surface area contributed by atoms with Gasteiger partial charge in [-0.1, -0.05) is 94.0 Å². The molecule has 0 spiro atoms. The zero-order chi connectivity index (χ0) is 24.7. The van der Waals surface area contributed by atoms with E-state index in [1.807, 2.05) is 0 Å². The van der Waals surface area contributed by atoms with Crippen LogP contribution < -0.4 is 4.90 Å². The lowest BCUT2D eigenvalue weighted by atomic mass is 9.87. The smallest absolute Gasteiger partial charge is 0.310 e. The van der Waals surface area contributed by atoms with E-state index in [1.165, 1.54) is 69.0 Å². The normalized spacial score (nSPS) is 21.5. The average molecular weight is 524 g/mol. The highest BCUT2D eigenvalue weighted by atomic mass is 35.5. The number of halogens is 1. The lowest BCUT2D eigenvalue weighted by Gasteiger charge is -2.48. The lowest BCUT2D eigenvalue weighted by molar-refractivity contribution is 0.0926. The number of likely N-dealkylation sites (tertiary alicyclic amines) is 1. The zero-order valence-electron chi connectivity index (χ0n) is 22.7. The van der Waals surface area contributed by atoms with Crippen LogP contribution in [0.1, 0.15) is 94.7 Å². The van der Waals surface area contributed by atoms with Gasteiger partial charge in [0.05, 0.1) is 11.7 Å². The Bertz CT molecular complexity index is 969. The number of carbonyl (C=O) groups excluding carboxylic acids is 1. The van der Waals surface area contributed by atoms with E-state index in [2.05, 4.69) is 76.2 Å². The second kappa shape index (κ2) is 13.7. The molecular formula is C32H46ClN3O. The van der Waals surface area contributed by atoms with E-state index in [-0.39, 0.29) is 30.5 Å². The number of benzene rings is 2. The Morgan fingerprint density at radius 2 is 1.51 bits per heavy atom. The van der Waals surface area contributed by atoms with Crippen molar-refractivity contribution in [3.05, 3.63) is 65.7 Å². The molecule has 1 saturated carbocycles. The fraction of sp³-hybridized carbons (Fsp3) is 0.594. The predicted octanol–water partition coefficient (Wildman–Crippen LogP) is 8.06. The minimum Gasteiger partial charge on any atom is -0.310 e. The van der Waals surface area contributed by atoms with Crippen LogP contribution in [-0.2, 0) is 0 Å². The van der Waals surface area contributed by atoms with E-state index in [0.717, 1.165) is 50.5 Å². The van der Waals surface area contributed by atoms with Crippen LogP contribution >= 0.6 is 12.4 Å². The van der Waals surface area contributed by atoms with Crippen LogP contribution in [0.25, 0.3) is 0 Å². The summed E-state index contributed by atoms with van der Waals surface area (Å²) in [5.74, 6) is 0.884. The van der Waals surface area contributed by atoms with E-state index >= 15 is 0 Å². The molecule has 4 nitrogen and oxygen atoms in total. The Kier molecular flexibility index (Phi) is 10.3. The predicted molar refractivity (Wildman–Crippen MR) is 157 cm³/mol. The number of unbranched alkanes of at least 4 members (excludes halogenated alkanes) is 3. The number of nitrogens with zero attached hydrogens (tertiary/aromatic N) is 3. The van der Waals surface area contributed by atoms with Crippen molar-refractivity contribution in [2.45, 2.75) is 89.6 Å². The van der Waals surface area contributed by atoms with Crippen molar-refractivity contribution in [3.63, 3.8) is 0 Å². The average Bonchev–Trinajstić information content (AvgIpc) is 2.93. The number of hydrogen-bond donors (Lipinski definition) is 0. The number of para-hydroxylation sites is 1. The molecule has 2 heterocycles. The third-order valence-electron chi connectivity index (χ3n) is 8.79. The molecule has 3 aliphatic rings. The number of urea groups is 1. The summed E-state index contributed by atoms with van der Waals surface area (Å²) in [6, 6.07) is 19.9. The van der Waals surface area contributed by atoms with Gasteiger partial charge in [0.25, 0.3) is 0 Å². The second-order valence-electron chi connectivity index (χ2n) is 11.3. The Balaban J connectivity index is 0.00000320. The quantitative estimate of drug-likeness (QED) is 0.311. The first kappa shape index (κ1) is 28.0. The van der Waals surface area contributed by atoms with Crippen LogP contribution in [0.2, 0.25) is 0 Å². The molecule has 0 aromatic heterocycles. The van der Waals surface area contributed by atoms with Crippen LogP contribution in [0.3, 0.4) is 0 Å². The van der Waals surface area contributed by atoms with Gasteiger partial charge < -0.3 is 9.80 Å². The summed E-state index contributed by atoms with van der Waals surface area (Å²) < 4.78 is 0. The second-order valence-corrected chi connectivity index (χ2v) is 11.3. The van der Waals surface area contributed by atoms with Crippen LogP contribution in [0.15, 0.2) is 54.6 Å². The van der Waals surface area contributed by atoms with Crippen LogP contribution in [0.4, 0.5) is 10.5 Å². The van der Waals surface area contributed by atoms with E-state index in [0.29, 0.717) is 0 Å². The summed E-state index contributed by atoms with van der Waals surface area (Å²) in [4.78, 5) is 21.3. The van der Waals surface area contributed by atoms with Gasteiger partial charge in [0.2, 0.25) is 0 Å². The molecule has 202 valence electrons. The number of piperidine rings is 1. The number of carbonyl (C=O) groups is 1. The molecule has 0 bridgehead atoms. The molecule has 2 fully saturated rings. The Morgan fingerprint density at radius 3 is 2.24 bits per heavy atom. The molecule has 1 saturated heterocycles. The number of hydrogen-bond acceptors (Lipinski definition) is 2. The Hall–Kier alpha value is -2.04. The van der Waals surface area contributed by atoms with Gasteiger partial charge in [-0.15, -0.1) is 12.4 Å². The van der Waals surface area contributed by atoms with E-state index in [4.69, 9.17) is 0 Å². The first-order chi connectivity index (χ1) is 17.8. The summed E-state index contributed by atoms with van der Waals surface area (Å²) in [5.41, 5.74) is 3.62. The van der Waals surface area contributed by atoms with Gasteiger partial charge in [0.1, 0.15) is 0 Å². The minimum absolute atomic E-state index is 0. The van der Waals surface area contributed by atoms with Gasteiger partial charge in [-0.25, -0.2) is 4.79 Å². The summed E-state index contributed by atoms with van der Waals surface area (Å²) in [7, 11) is 0. The van der Waals surface area contributed by atoms with Gasteiger partial charge in [-0.05, 0) is 49.7 Å². The monoisotopic (exact) mass is 523 g/mol. The van der Waals surface area contributed by atoms with Crippen molar-refractivity contribution in [3.8, 4) is 0 Å². The first-order valence-electron chi connectivity index (χ1n) is 14.7. The number of rotatable bonds is 9. The van der Waals surface area contributed by atoms with Crippen molar-refractivity contribution >= 4 is 24.1 Å². The highest BCUT2D eigenvalue weighted by Crippen LogP contribution is 2.43. The van der Waals surface area contributed by atoms with Crippen molar-refractivity contribution in [1.29, 1.82) is 0 Å². The topological polar surface area (TPSA) is 26.8 Å². The molecule has 0 N–H and O–H groups in total. The molecule has 2 aromatic rings. The summed E-state index contributed by atoms with van der Waals surface area (Å²) >= 11 is 0. The van der Waals surface area contributed by atoms with Gasteiger partial charge in [-0.3, -0.25) is 4.90 Å². The molecule has 1 unspecified atom stereocenters. The molecule has 5 heteroatoms.